The third-order valence-electron chi connectivity index (χ3n) is 2.70. The summed E-state index contributed by atoms with van der Waals surface area (Å²) >= 11 is 1.65. The van der Waals surface area contributed by atoms with Gasteiger partial charge in [0.05, 0.1) is 5.75 Å². The van der Waals surface area contributed by atoms with Gasteiger partial charge in [-0.1, -0.05) is 23.4 Å². The molecule has 0 saturated heterocycles. The van der Waals surface area contributed by atoms with Gasteiger partial charge in [-0.25, -0.2) is 0 Å². The lowest BCUT2D eigenvalue weighted by Gasteiger charge is -1.96. The topological polar surface area (TPSA) is 59.2 Å². The monoisotopic (exact) mass is 284 g/mol. The Morgan fingerprint density at radius 1 is 1.00 bits per heavy atom. The number of aromatic hydroxyl groups is 1. The second-order valence-electron chi connectivity index (χ2n) is 4.16. The molecule has 4 nitrogen and oxygen atoms in total. The van der Waals surface area contributed by atoms with E-state index in [0.29, 0.717) is 17.5 Å². The number of aromatic nitrogens is 2. The number of hydrogen-bond donors (Lipinski definition) is 1. The highest BCUT2D eigenvalue weighted by atomic mass is 32.2. The highest BCUT2D eigenvalue weighted by Gasteiger charge is 2.08. The van der Waals surface area contributed by atoms with Gasteiger partial charge in [0.1, 0.15) is 5.75 Å². The minimum absolute atomic E-state index is 0.220. The number of phenolic OH excluding ortho intramolecular Hbond substituents is 1. The van der Waals surface area contributed by atoms with Crippen molar-refractivity contribution in [2.45, 2.75) is 10.6 Å². The first-order chi connectivity index (χ1) is 9.81. The predicted molar refractivity (Wildman–Crippen MR) is 77.4 cm³/mol. The molecule has 20 heavy (non-hydrogen) atoms. The van der Waals surface area contributed by atoms with Crippen LogP contribution in [0.1, 0.15) is 5.89 Å². The molecule has 1 N–H and O–H groups in total. The van der Waals surface area contributed by atoms with E-state index in [1.54, 1.807) is 36.0 Å². The molecule has 0 fully saturated rings. The van der Waals surface area contributed by atoms with Gasteiger partial charge in [0.15, 0.2) is 0 Å². The predicted octanol–water partition coefficient (Wildman–Crippen LogP) is 3.73. The summed E-state index contributed by atoms with van der Waals surface area (Å²) in [5, 5.41) is 13.2. The van der Waals surface area contributed by atoms with Crippen molar-refractivity contribution in [3.8, 4) is 17.1 Å². The third-order valence-corrected chi connectivity index (χ3v) is 3.70. The largest absolute Gasteiger partial charge is 0.508 e. The van der Waals surface area contributed by atoms with Gasteiger partial charge in [0, 0.05) is 10.5 Å². The Hall–Kier alpha value is -2.27. The molecule has 0 aliphatic heterocycles. The number of benzene rings is 2. The fourth-order valence-electron chi connectivity index (χ4n) is 1.70. The average Bonchev–Trinajstić information content (AvgIpc) is 2.96. The lowest BCUT2D eigenvalue weighted by molar-refractivity contribution is 0.391. The summed E-state index contributed by atoms with van der Waals surface area (Å²) in [7, 11) is 0. The van der Waals surface area contributed by atoms with E-state index in [-0.39, 0.29) is 5.75 Å². The molecular weight excluding hydrogens is 272 g/mol. The summed E-state index contributed by atoms with van der Waals surface area (Å²) in [4.78, 5) is 5.51. The fourth-order valence-corrected chi connectivity index (χ4v) is 2.46. The van der Waals surface area contributed by atoms with Crippen LogP contribution < -0.4 is 0 Å². The van der Waals surface area contributed by atoms with Crippen molar-refractivity contribution in [2.75, 3.05) is 0 Å². The number of phenols is 1. The zero-order valence-corrected chi connectivity index (χ0v) is 11.4. The average molecular weight is 284 g/mol. The van der Waals surface area contributed by atoms with Gasteiger partial charge >= 0.3 is 0 Å². The van der Waals surface area contributed by atoms with Crippen LogP contribution in [-0.4, -0.2) is 15.2 Å². The summed E-state index contributed by atoms with van der Waals surface area (Å²) in [6.07, 6.45) is 0. The zero-order valence-electron chi connectivity index (χ0n) is 10.6. The highest BCUT2D eigenvalue weighted by molar-refractivity contribution is 7.98. The van der Waals surface area contributed by atoms with Crippen LogP contribution >= 0.6 is 11.8 Å². The maximum absolute atomic E-state index is 9.25. The Morgan fingerprint density at radius 2 is 1.75 bits per heavy atom. The van der Waals surface area contributed by atoms with Gasteiger partial charge < -0.3 is 9.63 Å². The molecule has 2 aromatic carbocycles. The van der Waals surface area contributed by atoms with Crippen LogP contribution in [-0.2, 0) is 5.75 Å². The van der Waals surface area contributed by atoms with Crippen molar-refractivity contribution in [3.63, 3.8) is 0 Å². The Kier molecular flexibility index (Phi) is 3.69. The van der Waals surface area contributed by atoms with Gasteiger partial charge in [-0.05, 0) is 36.4 Å². The minimum Gasteiger partial charge on any atom is -0.508 e. The zero-order chi connectivity index (χ0) is 13.8. The van der Waals surface area contributed by atoms with Crippen LogP contribution in [0.5, 0.6) is 5.75 Å². The normalized spacial score (nSPS) is 10.6. The molecule has 0 saturated carbocycles. The van der Waals surface area contributed by atoms with Gasteiger partial charge in [-0.3, -0.25) is 0 Å². The molecule has 0 radical (unpaired) electrons. The van der Waals surface area contributed by atoms with E-state index in [1.807, 2.05) is 30.3 Å². The maximum Gasteiger partial charge on any atom is 0.237 e. The van der Waals surface area contributed by atoms with Crippen LogP contribution in [0.2, 0.25) is 0 Å². The SMILES string of the molecule is Oc1ccc(-c2noc(CSc3ccccc3)n2)cc1. The molecule has 3 aromatic rings. The molecule has 0 amide bonds. The first-order valence-corrected chi connectivity index (χ1v) is 7.10. The number of hydrogen-bond acceptors (Lipinski definition) is 5. The molecule has 100 valence electrons. The lowest BCUT2D eigenvalue weighted by Crippen LogP contribution is -1.82. The summed E-state index contributed by atoms with van der Waals surface area (Å²) in [6.45, 7) is 0. The van der Waals surface area contributed by atoms with Gasteiger partial charge in [0.25, 0.3) is 0 Å². The Labute approximate surface area is 120 Å². The molecule has 0 atom stereocenters. The molecule has 0 spiro atoms. The third kappa shape index (κ3) is 3.00. The number of thioether (sulfide) groups is 1. The maximum atomic E-state index is 9.25. The van der Waals surface area contributed by atoms with E-state index in [9.17, 15) is 5.11 Å². The minimum atomic E-state index is 0.220. The van der Waals surface area contributed by atoms with Crippen LogP contribution in [0.15, 0.2) is 64.0 Å². The second-order valence-corrected chi connectivity index (χ2v) is 5.21. The van der Waals surface area contributed by atoms with Crippen LogP contribution in [0, 0.1) is 0 Å². The van der Waals surface area contributed by atoms with Crippen molar-refractivity contribution < 1.29 is 9.63 Å². The van der Waals surface area contributed by atoms with Crippen molar-refractivity contribution in [1.29, 1.82) is 0 Å². The summed E-state index contributed by atoms with van der Waals surface area (Å²) < 4.78 is 5.23. The Bertz CT molecular complexity index is 681. The summed E-state index contributed by atoms with van der Waals surface area (Å²) in [6, 6.07) is 16.8. The first-order valence-electron chi connectivity index (χ1n) is 6.11. The molecular formula is C15H12N2O2S. The van der Waals surface area contributed by atoms with E-state index in [2.05, 4.69) is 10.1 Å². The Balaban J connectivity index is 1.69. The Morgan fingerprint density at radius 3 is 2.50 bits per heavy atom. The van der Waals surface area contributed by atoms with Crippen LogP contribution in [0.4, 0.5) is 0 Å². The molecule has 1 heterocycles. The molecule has 3 rings (SSSR count). The summed E-state index contributed by atoms with van der Waals surface area (Å²) in [5.41, 5.74) is 0.822. The van der Waals surface area contributed by atoms with Gasteiger partial charge in [-0.15, -0.1) is 11.8 Å². The van der Waals surface area contributed by atoms with Gasteiger partial charge in [0.2, 0.25) is 11.7 Å². The molecule has 0 aliphatic rings. The van der Waals surface area contributed by atoms with E-state index in [1.165, 1.54) is 0 Å². The molecule has 1 aromatic heterocycles. The first kappa shape index (κ1) is 12.7. The number of nitrogens with zero attached hydrogens (tertiary/aromatic N) is 2. The smallest absolute Gasteiger partial charge is 0.237 e. The van der Waals surface area contributed by atoms with Crippen molar-refractivity contribution in [2.24, 2.45) is 0 Å². The number of rotatable bonds is 4. The van der Waals surface area contributed by atoms with E-state index >= 15 is 0 Å². The van der Waals surface area contributed by atoms with Crippen molar-refractivity contribution >= 4 is 11.8 Å². The standard InChI is InChI=1S/C15H12N2O2S/c18-12-8-6-11(7-9-12)15-16-14(19-17-15)10-20-13-4-2-1-3-5-13/h1-9,18H,10H2. The molecule has 0 bridgehead atoms. The van der Waals surface area contributed by atoms with Crippen molar-refractivity contribution in [1.82, 2.24) is 10.1 Å². The lowest BCUT2D eigenvalue weighted by atomic mass is 10.2. The van der Waals surface area contributed by atoms with Crippen molar-refractivity contribution in [3.05, 3.63) is 60.5 Å². The second kappa shape index (κ2) is 5.79. The van der Waals surface area contributed by atoms with E-state index in [4.69, 9.17) is 4.52 Å². The highest BCUT2D eigenvalue weighted by Crippen LogP contribution is 2.24. The molecule has 0 unspecified atom stereocenters. The van der Waals surface area contributed by atoms with E-state index < -0.39 is 0 Å². The quantitative estimate of drug-likeness (QED) is 0.740. The van der Waals surface area contributed by atoms with Crippen LogP contribution in [0.25, 0.3) is 11.4 Å². The molecule has 0 aliphatic carbocycles. The van der Waals surface area contributed by atoms with Gasteiger partial charge in [-0.2, -0.15) is 4.98 Å². The molecule has 5 heteroatoms. The fraction of sp³-hybridized carbons (Fsp3) is 0.0667. The van der Waals surface area contributed by atoms with Crippen LogP contribution in [0.3, 0.4) is 0 Å². The summed E-state index contributed by atoms with van der Waals surface area (Å²) in [5.74, 6) is 1.97. The van der Waals surface area contributed by atoms with E-state index in [0.717, 1.165) is 10.5 Å².